The molecule has 0 radical (unpaired) electrons. The molecule has 2 heterocycles. The van der Waals surface area contributed by atoms with Gasteiger partial charge in [-0.25, -0.2) is 0 Å². The number of rotatable bonds is 4. The van der Waals surface area contributed by atoms with Crippen molar-refractivity contribution in [1.29, 1.82) is 0 Å². The van der Waals surface area contributed by atoms with Gasteiger partial charge in [0.2, 0.25) is 0 Å². The van der Waals surface area contributed by atoms with Gasteiger partial charge in [-0.1, -0.05) is 30.3 Å². The zero-order valence-corrected chi connectivity index (χ0v) is 11.4. The number of hydrogen-bond donors (Lipinski definition) is 0. The van der Waals surface area contributed by atoms with E-state index in [4.69, 9.17) is 4.42 Å². The van der Waals surface area contributed by atoms with E-state index in [0.29, 0.717) is 12.3 Å². The SMILES string of the molecule is O=[N+]([O-])c1ccc(/C=N/N=C2\CC(c3ccccc3)N=N2)o1. The van der Waals surface area contributed by atoms with E-state index in [9.17, 15) is 10.1 Å². The van der Waals surface area contributed by atoms with Crippen molar-refractivity contribution in [3.63, 3.8) is 0 Å². The Kier molecular flexibility index (Phi) is 3.82. The number of benzene rings is 1. The first-order valence-electron chi connectivity index (χ1n) is 6.52. The smallest absolute Gasteiger partial charge is 0.400 e. The van der Waals surface area contributed by atoms with Crippen LogP contribution in [0.1, 0.15) is 23.8 Å². The maximum Gasteiger partial charge on any atom is 0.433 e. The first-order chi connectivity index (χ1) is 10.7. The summed E-state index contributed by atoms with van der Waals surface area (Å²) in [4.78, 5) is 9.87. The summed E-state index contributed by atoms with van der Waals surface area (Å²) < 4.78 is 4.93. The van der Waals surface area contributed by atoms with Crippen LogP contribution < -0.4 is 0 Å². The van der Waals surface area contributed by atoms with Crippen LogP contribution in [-0.4, -0.2) is 17.0 Å². The van der Waals surface area contributed by atoms with Crippen molar-refractivity contribution in [3.8, 4) is 0 Å². The molecule has 1 aliphatic rings. The summed E-state index contributed by atoms with van der Waals surface area (Å²) in [5.74, 6) is 0.426. The van der Waals surface area contributed by atoms with Gasteiger partial charge in [-0.05, 0) is 11.6 Å². The molecule has 110 valence electrons. The van der Waals surface area contributed by atoms with E-state index in [1.165, 1.54) is 18.3 Å². The summed E-state index contributed by atoms with van der Waals surface area (Å²) in [6, 6.07) is 12.5. The van der Waals surface area contributed by atoms with E-state index in [-0.39, 0.29) is 17.7 Å². The summed E-state index contributed by atoms with van der Waals surface area (Å²) in [5, 5.41) is 26.4. The minimum Gasteiger partial charge on any atom is -0.400 e. The molecule has 1 aromatic carbocycles. The molecule has 8 nitrogen and oxygen atoms in total. The average molecular weight is 297 g/mol. The largest absolute Gasteiger partial charge is 0.433 e. The molecule has 0 bridgehead atoms. The Morgan fingerprint density at radius 3 is 2.82 bits per heavy atom. The van der Waals surface area contributed by atoms with Gasteiger partial charge in [-0.2, -0.15) is 10.2 Å². The van der Waals surface area contributed by atoms with Crippen molar-refractivity contribution in [2.75, 3.05) is 0 Å². The Morgan fingerprint density at radius 1 is 1.27 bits per heavy atom. The van der Waals surface area contributed by atoms with Gasteiger partial charge in [0.1, 0.15) is 11.0 Å². The van der Waals surface area contributed by atoms with Crippen LogP contribution in [-0.2, 0) is 0 Å². The lowest BCUT2D eigenvalue weighted by molar-refractivity contribution is -0.402. The Morgan fingerprint density at radius 2 is 2.09 bits per heavy atom. The highest BCUT2D eigenvalue weighted by Gasteiger charge is 2.19. The quantitative estimate of drug-likeness (QED) is 0.489. The molecule has 8 heteroatoms. The lowest BCUT2D eigenvalue weighted by Gasteiger charge is -2.02. The van der Waals surface area contributed by atoms with Gasteiger partial charge in [0, 0.05) is 6.42 Å². The van der Waals surface area contributed by atoms with Crippen molar-refractivity contribution < 1.29 is 9.34 Å². The molecule has 1 aromatic heterocycles. The van der Waals surface area contributed by atoms with Crippen LogP contribution >= 0.6 is 0 Å². The van der Waals surface area contributed by atoms with E-state index >= 15 is 0 Å². The molecule has 0 spiro atoms. The Labute approximate surface area is 125 Å². The summed E-state index contributed by atoms with van der Waals surface area (Å²) in [7, 11) is 0. The maximum absolute atomic E-state index is 10.5. The Hall–Kier alpha value is -3.16. The second kappa shape index (κ2) is 6.08. The zero-order chi connectivity index (χ0) is 15.4. The fourth-order valence-electron chi connectivity index (χ4n) is 1.97. The molecule has 0 fully saturated rings. The third-order valence-electron chi connectivity index (χ3n) is 3.02. The van der Waals surface area contributed by atoms with Crippen LogP contribution in [0.5, 0.6) is 0 Å². The monoisotopic (exact) mass is 297 g/mol. The first kappa shape index (κ1) is 13.8. The Bertz CT molecular complexity index is 764. The normalized spacial score (nSPS) is 19.3. The number of nitro groups is 1. The molecule has 1 aliphatic heterocycles. The lowest BCUT2D eigenvalue weighted by atomic mass is 10.1. The van der Waals surface area contributed by atoms with E-state index in [1.807, 2.05) is 30.3 Å². The molecule has 0 saturated heterocycles. The van der Waals surface area contributed by atoms with Gasteiger partial charge in [0.15, 0.2) is 11.6 Å². The highest BCUT2D eigenvalue weighted by Crippen LogP contribution is 2.27. The van der Waals surface area contributed by atoms with Crippen LogP contribution in [0.3, 0.4) is 0 Å². The molecule has 0 amide bonds. The number of amidine groups is 1. The summed E-state index contributed by atoms with van der Waals surface area (Å²) in [6.45, 7) is 0. The number of hydrogen-bond acceptors (Lipinski definition) is 6. The van der Waals surface area contributed by atoms with Crippen LogP contribution in [0.15, 0.2) is 67.3 Å². The van der Waals surface area contributed by atoms with Gasteiger partial charge in [0.05, 0.1) is 12.3 Å². The van der Waals surface area contributed by atoms with Crippen molar-refractivity contribution in [2.24, 2.45) is 20.4 Å². The van der Waals surface area contributed by atoms with Gasteiger partial charge < -0.3 is 4.42 Å². The first-order valence-corrected chi connectivity index (χ1v) is 6.52. The third kappa shape index (κ3) is 3.11. The minimum absolute atomic E-state index is 0.0418. The number of azo groups is 1. The van der Waals surface area contributed by atoms with Crippen LogP contribution in [0.2, 0.25) is 0 Å². The van der Waals surface area contributed by atoms with Crippen molar-refractivity contribution in [1.82, 2.24) is 0 Å². The minimum atomic E-state index is -0.612. The molecule has 0 aliphatic carbocycles. The third-order valence-corrected chi connectivity index (χ3v) is 3.02. The number of nitrogens with zero attached hydrogens (tertiary/aromatic N) is 5. The van der Waals surface area contributed by atoms with E-state index in [1.54, 1.807) is 0 Å². The molecule has 0 saturated carbocycles. The van der Waals surface area contributed by atoms with E-state index in [0.717, 1.165) is 5.56 Å². The standard InChI is InChI=1S/C14H11N5O3/c20-19(21)14-7-6-11(22-14)9-15-17-13-8-12(16-18-13)10-4-2-1-3-5-10/h1-7,9,12H,8H2/b15-9+,17-13+. The fraction of sp³-hybridized carbons (Fsp3) is 0.143. The highest BCUT2D eigenvalue weighted by molar-refractivity contribution is 5.85. The summed E-state index contributed by atoms with van der Waals surface area (Å²) in [5.41, 5.74) is 1.07. The molecular formula is C14H11N5O3. The van der Waals surface area contributed by atoms with Crippen molar-refractivity contribution in [3.05, 3.63) is 63.9 Å². The van der Waals surface area contributed by atoms with Gasteiger partial charge in [-0.3, -0.25) is 10.1 Å². The summed E-state index contributed by atoms with van der Waals surface area (Å²) >= 11 is 0. The summed E-state index contributed by atoms with van der Waals surface area (Å²) in [6.07, 6.45) is 1.87. The predicted molar refractivity (Wildman–Crippen MR) is 79.0 cm³/mol. The predicted octanol–water partition coefficient (Wildman–Crippen LogP) is 3.52. The van der Waals surface area contributed by atoms with Crippen LogP contribution in [0.25, 0.3) is 0 Å². The topological polar surface area (TPSA) is 106 Å². The molecule has 0 N–H and O–H groups in total. The molecule has 3 rings (SSSR count). The molecule has 1 atom stereocenters. The molecular weight excluding hydrogens is 286 g/mol. The van der Waals surface area contributed by atoms with Crippen molar-refractivity contribution >= 4 is 17.9 Å². The maximum atomic E-state index is 10.5. The highest BCUT2D eigenvalue weighted by atomic mass is 16.6. The van der Waals surface area contributed by atoms with Gasteiger partial charge in [-0.15, -0.1) is 10.2 Å². The van der Waals surface area contributed by atoms with Crippen LogP contribution in [0, 0.1) is 10.1 Å². The second-order valence-electron chi connectivity index (χ2n) is 4.54. The molecule has 22 heavy (non-hydrogen) atoms. The fourth-order valence-corrected chi connectivity index (χ4v) is 1.97. The van der Waals surface area contributed by atoms with E-state index < -0.39 is 4.92 Å². The average Bonchev–Trinajstić information content (AvgIpc) is 3.18. The number of furan rings is 1. The van der Waals surface area contributed by atoms with Crippen molar-refractivity contribution in [2.45, 2.75) is 12.5 Å². The van der Waals surface area contributed by atoms with Gasteiger partial charge in [0.25, 0.3) is 0 Å². The zero-order valence-electron chi connectivity index (χ0n) is 11.4. The van der Waals surface area contributed by atoms with Gasteiger partial charge >= 0.3 is 5.88 Å². The Balaban J connectivity index is 1.63. The lowest BCUT2D eigenvalue weighted by Crippen LogP contribution is -1.95. The van der Waals surface area contributed by atoms with Crippen LogP contribution in [0.4, 0.5) is 5.88 Å². The second-order valence-corrected chi connectivity index (χ2v) is 4.54. The molecule has 2 aromatic rings. The molecule has 1 unspecified atom stereocenters. The van der Waals surface area contributed by atoms with E-state index in [2.05, 4.69) is 20.4 Å².